The Morgan fingerprint density at radius 3 is 2.95 bits per heavy atom. The van der Waals surface area contributed by atoms with Crippen LogP contribution < -0.4 is 5.73 Å². The minimum absolute atomic E-state index is 0.131. The van der Waals surface area contributed by atoms with Crippen LogP contribution in [0.25, 0.3) is 0 Å². The van der Waals surface area contributed by atoms with E-state index in [-0.39, 0.29) is 6.10 Å². The number of ether oxygens (including phenoxy) is 1. The lowest BCUT2D eigenvalue weighted by Gasteiger charge is -2.31. The lowest BCUT2D eigenvalue weighted by molar-refractivity contribution is -0.0299. The van der Waals surface area contributed by atoms with Gasteiger partial charge in [-0.3, -0.25) is 4.90 Å². The van der Waals surface area contributed by atoms with E-state index in [9.17, 15) is 0 Å². The summed E-state index contributed by atoms with van der Waals surface area (Å²) in [5.41, 5.74) is 7.04. The van der Waals surface area contributed by atoms with Crippen molar-refractivity contribution in [3.8, 4) is 0 Å². The maximum Gasteiger partial charge on any atom is 0.123 e. The van der Waals surface area contributed by atoms with Gasteiger partial charge in [-0.2, -0.15) is 0 Å². The number of hydrogen-bond acceptors (Lipinski definition) is 5. The standard InChI is InChI=1S/C15H27N3OS/c1-4-5-18-6-7-19-13(10-18)15-17-12(8-11(2)3)14(9-16)20-15/h11,13H,4-10,16H2,1-3H3. The van der Waals surface area contributed by atoms with Gasteiger partial charge in [0.2, 0.25) is 0 Å². The lowest BCUT2D eigenvalue weighted by atomic mass is 10.1. The molecular formula is C15H27N3OS. The van der Waals surface area contributed by atoms with Gasteiger partial charge in [0.25, 0.3) is 0 Å². The van der Waals surface area contributed by atoms with Gasteiger partial charge in [0.15, 0.2) is 0 Å². The fourth-order valence-electron chi connectivity index (χ4n) is 2.62. The van der Waals surface area contributed by atoms with Crippen LogP contribution in [0.15, 0.2) is 0 Å². The first-order valence-electron chi connectivity index (χ1n) is 7.66. The molecule has 2 rings (SSSR count). The molecule has 0 aromatic carbocycles. The van der Waals surface area contributed by atoms with E-state index in [1.54, 1.807) is 11.3 Å². The summed E-state index contributed by atoms with van der Waals surface area (Å²) in [5, 5.41) is 1.11. The van der Waals surface area contributed by atoms with Gasteiger partial charge in [-0.1, -0.05) is 20.8 Å². The van der Waals surface area contributed by atoms with E-state index in [2.05, 4.69) is 25.7 Å². The number of aromatic nitrogens is 1. The van der Waals surface area contributed by atoms with E-state index in [1.807, 2.05) is 0 Å². The zero-order valence-corrected chi connectivity index (χ0v) is 13.7. The van der Waals surface area contributed by atoms with Crippen molar-refractivity contribution >= 4 is 11.3 Å². The number of nitrogens with two attached hydrogens (primary N) is 1. The second kappa shape index (κ2) is 7.50. The summed E-state index contributed by atoms with van der Waals surface area (Å²) in [7, 11) is 0. The van der Waals surface area contributed by atoms with Crippen LogP contribution in [0, 0.1) is 5.92 Å². The third kappa shape index (κ3) is 4.01. The molecule has 1 aliphatic rings. The molecule has 2 N–H and O–H groups in total. The largest absolute Gasteiger partial charge is 0.368 e. The molecule has 2 heterocycles. The van der Waals surface area contributed by atoms with Crippen molar-refractivity contribution in [3.05, 3.63) is 15.6 Å². The molecule has 4 nitrogen and oxygen atoms in total. The van der Waals surface area contributed by atoms with Gasteiger partial charge in [0, 0.05) is 24.5 Å². The molecule has 1 saturated heterocycles. The summed E-state index contributed by atoms with van der Waals surface area (Å²) >= 11 is 1.74. The highest BCUT2D eigenvalue weighted by molar-refractivity contribution is 7.11. The Kier molecular flexibility index (Phi) is 5.96. The lowest BCUT2D eigenvalue weighted by Crippen LogP contribution is -2.38. The van der Waals surface area contributed by atoms with Gasteiger partial charge in [-0.25, -0.2) is 4.98 Å². The van der Waals surface area contributed by atoms with Crippen LogP contribution in [0.3, 0.4) is 0 Å². The van der Waals surface area contributed by atoms with Gasteiger partial charge in [0.05, 0.1) is 12.3 Å². The van der Waals surface area contributed by atoms with Crippen molar-refractivity contribution in [3.63, 3.8) is 0 Å². The first kappa shape index (κ1) is 15.9. The predicted molar refractivity (Wildman–Crippen MR) is 84.0 cm³/mol. The Balaban J connectivity index is 2.09. The fourth-order valence-corrected chi connectivity index (χ4v) is 3.63. The minimum Gasteiger partial charge on any atom is -0.368 e. The SMILES string of the molecule is CCCN1CCOC(c2nc(CC(C)C)c(CN)s2)C1. The van der Waals surface area contributed by atoms with E-state index >= 15 is 0 Å². The quantitative estimate of drug-likeness (QED) is 0.877. The van der Waals surface area contributed by atoms with Crippen LogP contribution in [0.1, 0.15) is 48.9 Å². The van der Waals surface area contributed by atoms with Gasteiger partial charge in [0.1, 0.15) is 11.1 Å². The van der Waals surface area contributed by atoms with Crippen LogP contribution in [-0.2, 0) is 17.7 Å². The number of rotatable bonds is 6. The fraction of sp³-hybridized carbons (Fsp3) is 0.800. The van der Waals surface area contributed by atoms with Crippen LogP contribution in [0.5, 0.6) is 0 Å². The average molecular weight is 297 g/mol. The molecule has 0 saturated carbocycles. The number of morpholine rings is 1. The maximum atomic E-state index is 5.92. The first-order valence-corrected chi connectivity index (χ1v) is 8.48. The molecular weight excluding hydrogens is 270 g/mol. The van der Waals surface area contributed by atoms with E-state index in [0.717, 1.165) is 37.7 Å². The Bertz CT molecular complexity index is 417. The predicted octanol–water partition coefficient (Wildman–Crippen LogP) is 2.58. The van der Waals surface area contributed by atoms with E-state index in [1.165, 1.54) is 17.0 Å². The molecule has 114 valence electrons. The first-order chi connectivity index (χ1) is 9.63. The van der Waals surface area contributed by atoms with Crippen molar-refractivity contribution in [2.24, 2.45) is 11.7 Å². The molecule has 1 unspecified atom stereocenters. The monoisotopic (exact) mass is 297 g/mol. The molecule has 0 bridgehead atoms. The molecule has 0 aliphatic carbocycles. The van der Waals surface area contributed by atoms with Crippen LogP contribution in [0.4, 0.5) is 0 Å². The van der Waals surface area contributed by atoms with Gasteiger partial charge >= 0.3 is 0 Å². The smallest absolute Gasteiger partial charge is 0.123 e. The Labute approximate surface area is 126 Å². The summed E-state index contributed by atoms with van der Waals surface area (Å²) in [6.07, 6.45) is 2.33. The Hall–Kier alpha value is -0.490. The Morgan fingerprint density at radius 1 is 1.50 bits per heavy atom. The number of nitrogens with zero attached hydrogens (tertiary/aromatic N) is 2. The topological polar surface area (TPSA) is 51.4 Å². The molecule has 5 heteroatoms. The Morgan fingerprint density at radius 2 is 2.30 bits per heavy atom. The van der Waals surface area contributed by atoms with Crippen molar-refractivity contribution in [1.82, 2.24) is 9.88 Å². The van der Waals surface area contributed by atoms with E-state index in [4.69, 9.17) is 15.5 Å². The molecule has 1 aromatic rings. The highest BCUT2D eigenvalue weighted by Crippen LogP contribution is 2.29. The van der Waals surface area contributed by atoms with Crippen molar-refractivity contribution in [2.75, 3.05) is 26.2 Å². The average Bonchev–Trinajstić information content (AvgIpc) is 2.82. The highest BCUT2D eigenvalue weighted by atomic mass is 32.1. The molecule has 1 atom stereocenters. The summed E-state index contributed by atoms with van der Waals surface area (Å²) in [6, 6.07) is 0. The zero-order valence-electron chi connectivity index (χ0n) is 12.9. The number of thiazole rings is 1. The normalized spacial score (nSPS) is 20.8. The van der Waals surface area contributed by atoms with Gasteiger partial charge in [-0.15, -0.1) is 11.3 Å². The molecule has 0 amide bonds. The van der Waals surface area contributed by atoms with Crippen LogP contribution in [-0.4, -0.2) is 36.1 Å². The van der Waals surface area contributed by atoms with Crippen molar-refractivity contribution < 1.29 is 4.74 Å². The summed E-state index contributed by atoms with van der Waals surface area (Å²) in [4.78, 5) is 8.53. The summed E-state index contributed by atoms with van der Waals surface area (Å²) < 4.78 is 5.92. The van der Waals surface area contributed by atoms with Crippen LogP contribution >= 0.6 is 11.3 Å². The number of hydrogen-bond donors (Lipinski definition) is 1. The van der Waals surface area contributed by atoms with Gasteiger partial charge in [-0.05, 0) is 25.3 Å². The second-order valence-electron chi connectivity index (χ2n) is 5.88. The van der Waals surface area contributed by atoms with Crippen LogP contribution in [0.2, 0.25) is 0 Å². The van der Waals surface area contributed by atoms with E-state index < -0.39 is 0 Å². The van der Waals surface area contributed by atoms with Crippen molar-refractivity contribution in [1.29, 1.82) is 0 Å². The second-order valence-corrected chi connectivity index (χ2v) is 7.00. The van der Waals surface area contributed by atoms with Crippen molar-refractivity contribution in [2.45, 2.75) is 46.3 Å². The third-order valence-electron chi connectivity index (χ3n) is 3.55. The molecule has 1 aromatic heterocycles. The molecule has 1 aliphatic heterocycles. The highest BCUT2D eigenvalue weighted by Gasteiger charge is 2.25. The third-order valence-corrected chi connectivity index (χ3v) is 4.76. The minimum atomic E-state index is 0.131. The molecule has 0 spiro atoms. The zero-order chi connectivity index (χ0) is 14.5. The maximum absolute atomic E-state index is 5.92. The summed E-state index contributed by atoms with van der Waals surface area (Å²) in [6.45, 7) is 11.2. The molecule has 1 fully saturated rings. The van der Waals surface area contributed by atoms with E-state index in [0.29, 0.717) is 12.5 Å². The molecule has 0 radical (unpaired) electrons. The molecule has 20 heavy (non-hydrogen) atoms. The summed E-state index contributed by atoms with van der Waals surface area (Å²) in [5.74, 6) is 0.610. The van der Waals surface area contributed by atoms with Gasteiger partial charge < -0.3 is 10.5 Å².